The van der Waals surface area contributed by atoms with Crippen LogP contribution in [0.1, 0.15) is 34.2 Å². The lowest BCUT2D eigenvalue weighted by atomic mass is 10.1. The van der Waals surface area contributed by atoms with Gasteiger partial charge in [-0.1, -0.05) is 29.8 Å². The Bertz CT molecular complexity index is 1010. The van der Waals surface area contributed by atoms with Crippen molar-refractivity contribution >= 4 is 33.9 Å². The molecule has 0 aliphatic heterocycles. The fourth-order valence-electron chi connectivity index (χ4n) is 3.03. The smallest absolute Gasteiger partial charge is 0.374 e. The molecule has 0 fully saturated rings. The highest BCUT2D eigenvalue weighted by Gasteiger charge is 2.20. The average molecular weight is 400 g/mol. The monoisotopic (exact) mass is 400 g/mol. The van der Waals surface area contributed by atoms with Crippen LogP contribution in [0.4, 0.5) is 5.69 Å². The van der Waals surface area contributed by atoms with Crippen molar-refractivity contribution in [2.75, 3.05) is 17.5 Å². The molecule has 0 saturated heterocycles. The lowest BCUT2D eigenvalue weighted by Crippen LogP contribution is -2.27. The molecule has 148 valence electrons. The zero-order valence-electron chi connectivity index (χ0n) is 16.1. The predicted octanol–water partition coefficient (Wildman–Crippen LogP) is 4.07. The number of ether oxygens (including phenoxy) is 1. The van der Waals surface area contributed by atoms with Crippen LogP contribution in [0.15, 0.2) is 46.9 Å². The van der Waals surface area contributed by atoms with Gasteiger partial charge in [0.1, 0.15) is 5.58 Å². The Labute approximate surface area is 166 Å². The molecule has 1 aromatic heterocycles. The van der Waals surface area contributed by atoms with Gasteiger partial charge in [-0.2, -0.15) is 0 Å². The van der Waals surface area contributed by atoms with E-state index in [1.807, 2.05) is 31.2 Å². The van der Waals surface area contributed by atoms with Crippen LogP contribution < -0.4 is 4.31 Å². The molecule has 0 N–H and O–H groups in total. The van der Waals surface area contributed by atoms with E-state index in [-0.39, 0.29) is 12.4 Å². The first-order chi connectivity index (χ1) is 13.4. The number of rotatable bonds is 7. The Morgan fingerprint density at radius 2 is 1.89 bits per heavy atom. The van der Waals surface area contributed by atoms with Crippen molar-refractivity contribution in [2.45, 2.75) is 27.2 Å². The Balaban J connectivity index is 1.88. The number of carbonyl (C=O) groups excluding carboxylic acids is 1. The molecular formula is C21H22NO5S-. The average Bonchev–Trinajstić information content (AvgIpc) is 3.00. The maximum absolute atomic E-state index is 12.0. The number of benzene rings is 2. The largest absolute Gasteiger partial charge is 0.755 e. The fraction of sp³-hybridized carbons (Fsp3) is 0.286. The minimum Gasteiger partial charge on any atom is -0.755 e. The van der Waals surface area contributed by atoms with Crippen molar-refractivity contribution < 1.29 is 22.7 Å². The number of furan rings is 1. The van der Waals surface area contributed by atoms with E-state index in [0.717, 1.165) is 11.1 Å². The van der Waals surface area contributed by atoms with Crippen molar-refractivity contribution in [2.24, 2.45) is 0 Å². The highest BCUT2D eigenvalue weighted by Crippen LogP contribution is 2.30. The summed E-state index contributed by atoms with van der Waals surface area (Å²) in [5.74, 6) is -0.384. The standard InChI is InChI=1S/C21H23NO5S/c1-4-26-21(23)20-15(3)18-13-17(9-10-19(18)27-20)22(28(24)25)12-11-16-7-5-14(2)6-8-16/h5-10,13H,4,11-12H2,1-3H3,(H,24,25)/p-1. The van der Waals surface area contributed by atoms with Gasteiger partial charge in [0.05, 0.1) is 6.61 Å². The van der Waals surface area contributed by atoms with Crippen LogP contribution in [-0.4, -0.2) is 27.9 Å². The molecule has 3 rings (SSSR count). The summed E-state index contributed by atoms with van der Waals surface area (Å²) >= 11 is -2.43. The van der Waals surface area contributed by atoms with Crippen molar-refractivity contribution in [3.05, 3.63) is 64.9 Å². The van der Waals surface area contributed by atoms with Gasteiger partial charge >= 0.3 is 5.97 Å². The molecule has 0 saturated carbocycles. The first kappa shape index (κ1) is 20.1. The molecule has 28 heavy (non-hydrogen) atoms. The van der Waals surface area contributed by atoms with Gasteiger partial charge in [-0.15, -0.1) is 0 Å². The Morgan fingerprint density at radius 3 is 2.54 bits per heavy atom. The van der Waals surface area contributed by atoms with Crippen LogP contribution in [0.2, 0.25) is 0 Å². The molecule has 0 aliphatic rings. The highest BCUT2D eigenvalue weighted by molar-refractivity contribution is 7.80. The molecular weight excluding hydrogens is 378 g/mol. The number of anilines is 1. The number of esters is 1. The van der Waals surface area contributed by atoms with E-state index in [9.17, 15) is 13.6 Å². The van der Waals surface area contributed by atoms with E-state index in [1.165, 1.54) is 4.31 Å². The lowest BCUT2D eigenvalue weighted by Gasteiger charge is -2.26. The van der Waals surface area contributed by atoms with Gasteiger partial charge in [-0.05, 0) is 51.0 Å². The maximum atomic E-state index is 12.0. The van der Waals surface area contributed by atoms with E-state index >= 15 is 0 Å². The fourth-order valence-corrected chi connectivity index (χ4v) is 3.56. The van der Waals surface area contributed by atoms with Gasteiger partial charge in [-0.25, -0.2) is 4.79 Å². The Kier molecular flexibility index (Phi) is 6.16. The molecule has 7 heteroatoms. The van der Waals surface area contributed by atoms with Crippen molar-refractivity contribution in [3.63, 3.8) is 0 Å². The maximum Gasteiger partial charge on any atom is 0.374 e. The summed E-state index contributed by atoms with van der Waals surface area (Å²) < 4.78 is 35.6. The summed E-state index contributed by atoms with van der Waals surface area (Å²) in [6.45, 7) is 6.06. The van der Waals surface area contributed by atoms with Gasteiger partial charge in [-0.3, -0.25) is 4.21 Å². The number of aryl methyl sites for hydroxylation is 2. The van der Waals surface area contributed by atoms with Crippen LogP contribution >= 0.6 is 0 Å². The van der Waals surface area contributed by atoms with Crippen LogP contribution in [0.25, 0.3) is 11.0 Å². The van der Waals surface area contributed by atoms with Crippen LogP contribution in [0, 0.1) is 13.8 Å². The Hall–Kier alpha value is -2.64. The minimum atomic E-state index is -2.43. The molecule has 0 aliphatic carbocycles. The van der Waals surface area contributed by atoms with E-state index in [2.05, 4.69) is 0 Å². The van der Waals surface area contributed by atoms with Gasteiger partial charge in [0.2, 0.25) is 5.76 Å². The van der Waals surface area contributed by atoms with E-state index in [1.54, 1.807) is 32.0 Å². The van der Waals surface area contributed by atoms with Gasteiger partial charge in [0.15, 0.2) is 0 Å². The van der Waals surface area contributed by atoms with Crippen molar-refractivity contribution in [3.8, 4) is 0 Å². The summed E-state index contributed by atoms with van der Waals surface area (Å²) in [4.78, 5) is 12.0. The number of nitrogens with zero attached hydrogens (tertiary/aromatic N) is 1. The third kappa shape index (κ3) is 4.26. The first-order valence-electron chi connectivity index (χ1n) is 9.03. The minimum absolute atomic E-state index is 0.142. The van der Waals surface area contributed by atoms with Crippen molar-refractivity contribution in [1.82, 2.24) is 0 Å². The summed E-state index contributed by atoms with van der Waals surface area (Å²) in [5.41, 5.74) is 3.88. The number of hydrogen-bond acceptors (Lipinski definition) is 5. The van der Waals surface area contributed by atoms with Crippen LogP contribution in [0.3, 0.4) is 0 Å². The third-order valence-corrected chi connectivity index (χ3v) is 5.33. The zero-order chi connectivity index (χ0) is 20.3. The second kappa shape index (κ2) is 8.58. The molecule has 0 radical (unpaired) electrons. The number of fused-ring (bicyclic) bond motifs is 1. The third-order valence-electron chi connectivity index (χ3n) is 4.57. The second-order valence-electron chi connectivity index (χ2n) is 6.51. The summed E-state index contributed by atoms with van der Waals surface area (Å²) in [5, 5.41) is 0.686. The van der Waals surface area contributed by atoms with E-state index < -0.39 is 17.2 Å². The molecule has 6 nitrogen and oxygen atoms in total. The van der Waals surface area contributed by atoms with Gasteiger partial charge in [0.25, 0.3) is 0 Å². The summed E-state index contributed by atoms with van der Waals surface area (Å²) in [6.07, 6.45) is 0.588. The topological polar surface area (TPSA) is 82.8 Å². The van der Waals surface area contributed by atoms with Crippen molar-refractivity contribution in [1.29, 1.82) is 0 Å². The summed E-state index contributed by atoms with van der Waals surface area (Å²) in [7, 11) is 0. The number of hydrogen-bond donors (Lipinski definition) is 0. The number of carbonyl (C=O) groups is 1. The van der Waals surface area contributed by atoms with E-state index in [4.69, 9.17) is 9.15 Å². The van der Waals surface area contributed by atoms with Crippen LogP contribution in [0.5, 0.6) is 0 Å². The molecule has 3 aromatic rings. The molecule has 1 heterocycles. The molecule has 1 unspecified atom stereocenters. The molecule has 0 amide bonds. The zero-order valence-corrected chi connectivity index (χ0v) is 16.9. The molecule has 1 atom stereocenters. The molecule has 2 aromatic carbocycles. The predicted molar refractivity (Wildman–Crippen MR) is 108 cm³/mol. The normalized spacial score (nSPS) is 12.1. The SMILES string of the molecule is CCOC(=O)c1oc2ccc(N(CCc3ccc(C)cc3)S(=O)[O-])cc2c1C. The lowest BCUT2D eigenvalue weighted by molar-refractivity contribution is 0.0491. The van der Waals surface area contributed by atoms with Gasteiger partial charge < -0.3 is 18.0 Å². The Morgan fingerprint density at radius 1 is 1.18 bits per heavy atom. The molecule has 0 spiro atoms. The van der Waals surface area contributed by atoms with Crippen LogP contribution in [-0.2, 0) is 22.4 Å². The molecule has 0 bridgehead atoms. The quantitative estimate of drug-likeness (QED) is 0.441. The first-order valence-corrected chi connectivity index (χ1v) is 10.1. The second-order valence-corrected chi connectivity index (χ2v) is 7.39. The van der Waals surface area contributed by atoms with E-state index in [0.29, 0.717) is 35.2 Å². The van der Waals surface area contributed by atoms with Gasteiger partial charge in [0, 0.05) is 34.4 Å². The highest BCUT2D eigenvalue weighted by atomic mass is 32.2. The summed E-state index contributed by atoms with van der Waals surface area (Å²) in [6, 6.07) is 13.1.